The number of nitro groups is 1. The predicted octanol–water partition coefficient (Wildman–Crippen LogP) is 2.51. The molecule has 6 heteroatoms. The zero-order valence-electron chi connectivity index (χ0n) is 11.8. The largest absolute Gasteiger partial charge is 0.381 e. The minimum absolute atomic E-state index is 0.100. The van der Waals surface area contributed by atoms with Crippen molar-refractivity contribution in [1.29, 1.82) is 0 Å². The first kappa shape index (κ1) is 14.7. The van der Waals surface area contributed by atoms with Gasteiger partial charge in [0.1, 0.15) is 5.69 Å². The van der Waals surface area contributed by atoms with Gasteiger partial charge in [0.2, 0.25) is 0 Å². The van der Waals surface area contributed by atoms with E-state index in [1.165, 1.54) is 6.07 Å². The summed E-state index contributed by atoms with van der Waals surface area (Å²) in [4.78, 5) is 10.7. The number of aryl methyl sites for hydroxylation is 1. The zero-order chi connectivity index (χ0) is 14.6. The van der Waals surface area contributed by atoms with Crippen molar-refractivity contribution in [2.45, 2.75) is 25.4 Å². The number of hydrogen-bond acceptors (Lipinski definition) is 5. The van der Waals surface area contributed by atoms with Gasteiger partial charge in [-0.3, -0.25) is 10.1 Å². The molecule has 1 aromatic carbocycles. The van der Waals surface area contributed by atoms with Gasteiger partial charge in [0.05, 0.1) is 10.5 Å². The quantitative estimate of drug-likeness (QED) is 0.662. The normalized spacial score (nSPS) is 17.7. The summed E-state index contributed by atoms with van der Waals surface area (Å²) >= 11 is 0. The molecular formula is C14H20N2O4. The predicted molar refractivity (Wildman–Crippen MR) is 76.1 cm³/mol. The summed E-state index contributed by atoms with van der Waals surface area (Å²) in [5.74, 6) is 0. The maximum atomic E-state index is 11.1. The van der Waals surface area contributed by atoms with Gasteiger partial charge in [-0.25, -0.2) is 0 Å². The minimum Gasteiger partial charge on any atom is -0.381 e. The highest BCUT2D eigenvalue weighted by molar-refractivity contribution is 5.66. The van der Waals surface area contributed by atoms with E-state index in [-0.39, 0.29) is 16.2 Å². The lowest BCUT2D eigenvalue weighted by Gasteiger charge is -2.36. The highest BCUT2D eigenvalue weighted by Crippen LogP contribution is 2.30. The van der Waals surface area contributed by atoms with Crippen LogP contribution in [-0.2, 0) is 9.47 Å². The van der Waals surface area contributed by atoms with Crippen LogP contribution in [-0.4, -0.2) is 37.4 Å². The molecule has 1 aromatic rings. The van der Waals surface area contributed by atoms with E-state index in [1.807, 2.05) is 13.0 Å². The third kappa shape index (κ3) is 3.08. The van der Waals surface area contributed by atoms with Gasteiger partial charge < -0.3 is 14.8 Å². The second-order valence-electron chi connectivity index (χ2n) is 5.08. The van der Waals surface area contributed by atoms with E-state index in [2.05, 4.69) is 5.32 Å². The van der Waals surface area contributed by atoms with Crippen molar-refractivity contribution in [3.05, 3.63) is 33.9 Å². The van der Waals surface area contributed by atoms with Crippen LogP contribution >= 0.6 is 0 Å². The first-order chi connectivity index (χ1) is 9.58. The molecule has 1 saturated heterocycles. The minimum atomic E-state index is -0.362. The fourth-order valence-corrected chi connectivity index (χ4v) is 2.48. The number of para-hydroxylation sites is 1. The molecule has 1 N–H and O–H groups in total. The summed E-state index contributed by atoms with van der Waals surface area (Å²) in [6.07, 6.45) is 1.58. The summed E-state index contributed by atoms with van der Waals surface area (Å²) in [7, 11) is 1.68. The average molecular weight is 280 g/mol. The first-order valence-electron chi connectivity index (χ1n) is 6.69. The van der Waals surface area contributed by atoms with Gasteiger partial charge in [-0.1, -0.05) is 12.1 Å². The van der Waals surface area contributed by atoms with E-state index in [4.69, 9.17) is 9.47 Å². The van der Waals surface area contributed by atoms with Crippen molar-refractivity contribution in [1.82, 2.24) is 0 Å². The molecule has 1 aliphatic heterocycles. The summed E-state index contributed by atoms with van der Waals surface area (Å²) in [6, 6.07) is 5.07. The number of nitrogens with zero attached hydrogens (tertiary/aromatic N) is 1. The molecule has 0 aromatic heterocycles. The molecule has 0 spiro atoms. The van der Waals surface area contributed by atoms with Crippen molar-refractivity contribution < 1.29 is 14.4 Å². The third-order valence-corrected chi connectivity index (χ3v) is 3.87. The molecule has 2 rings (SSSR count). The van der Waals surface area contributed by atoms with Crippen molar-refractivity contribution >= 4 is 11.4 Å². The van der Waals surface area contributed by atoms with Crippen LogP contribution in [0, 0.1) is 17.0 Å². The Morgan fingerprint density at radius 2 is 2.15 bits per heavy atom. The van der Waals surface area contributed by atoms with Gasteiger partial charge in [0.15, 0.2) is 0 Å². The van der Waals surface area contributed by atoms with Gasteiger partial charge in [-0.15, -0.1) is 0 Å². The summed E-state index contributed by atoms with van der Waals surface area (Å²) in [5, 5.41) is 14.3. The Morgan fingerprint density at radius 3 is 2.75 bits per heavy atom. The Morgan fingerprint density at radius 1 is 1.45 bits per heavy atom. The smallest absolute Gasteiger partial charge is 0.292 e. The molecule has 0 amide bonds. The van der Waals surface area contributed by atoms with Crippen molar-refractivity contribution in [3.8, 4) is 0 Å². The van der Waals surface area contributed by atoms with E-state index in [0.717, 1.165) is 18.4 Å². The van der Waals surface area contributed by atoms with Crippen LogP contribution in [0.25, 0.3) is 0 Å². The SMILES string of the molecule is COC1(CNc2c(C)cccc2[N+](=O)[O-])CCOCC1. The van der Waals surface area contributed by atoms with E-state index >= 15 is 0 Å². The van der Waals surface area contributed by atoms with Crippen LogP contribution < -0.4 is 5.32 Å². The summed E-state index contributed by atoms with van der Waals surface area (Å²) in [6.45, 7) is 3.72. The standard InChI is InChI=1S/C14H20N2O4/c1-11-4-3-5-12(16(17)18)13(11)15-10-14(19-2)6-8-20-9-7-14/h3-5,15H,6-10H2,1-2H3. The molecule has 20 heavy (non-hydrogen) atoms. The molecule has 0 saturated carbocycles. The Balaban J connectivity index is 2.15. The van der Waals surface area contributed by atoms with Crippen molar-refractivity contribution in [2.75, 3.05) is 32.2 Å². The molecular weight excluding hydrogens is 260 g/mol. The molecule has 0 aliphatic carbocycles. The highest BCUT2D eigenvalue weighted by atomic mass is 16.6. The molecule has 1 aliphatic rings. The second-order valence-corrected chi connectivity index (χ2v) is 5.08. The maximum Gasteiger partial charge on any atom is 0.292 e. The van der Waals surface area contributed by atoms with Gasteiger partial charge >= 0.3 is 0 Å². The Hall–Kier alpha value is -1.66. The molecule has 0 radical (unpaired) electrons. The van der Waals surface area contributed by atoms with E-state index in [9.17, 15) is 10.1 Å². The lowest BCUT2D eigenvalue weighted by Crippen LogP contribution is -2.44. The van der Waals surface area contributed by atoms with E-state index in [0.29, 0.717) is 25.4 Å². The van der Waals surface area contributed by atoms with Crippen LogP contribution in [0.1, 0.15) is 18.4 Å². The van der Waals surface area contributed by atoms with Gasteiger partial charge in [0, 0.05) is 45.8 Å². The number of hydrogen-bond donors (Lipinski definition) is 1. The lowest BCUT2D eigenvalue weighted by atomic mass is 9.93. The lowest BCUT2D eigenvalue weighted by molar-refractivity contribution is -0.384. The number of rotatable bonds is 5. The highest BCUT2D eigenvalue weighted by Gasteiger charge is 2.33. The molecule has 1 fully saturated rings. The fraction of sp³-hybridized carbons (Fsp3) is 0.571. The topological polar surface area (TPSA) is 73.6 Å². The molecule has 6 nitrogen and oxygen atoms in total. The number of benzene rings is 1. The number of nitro benzene ring substituents is 1. The van der Waals surface area contributed by atoms with Gasteiger partial charge in [0.25, 0.3) is 5.69 Å². The van der Waals surface area contributed by atoms with E-state index in [1.54, 1.807) is 13.2 Å². The van der Waals surface area contributed by atoms with Crippen LogP contribution in [0.2, 0.25) is 0 Å². The third-order valence-electron chi connectivity index (χ3n) is 3.87. The van der Waals surface area contributed by atoms with Crippen LogP contribution in [0.4, 0.5) is 11.4 Å². The Kier molecular flexibility index (Phi) is 4.57. The van der Waals surface area contributed by atoms with Crippen LogP contribution in [0.3, 0.4) is 0 Å². The number of ether oxygens (including phenoxy) is 2. The monoisotopic (exact) mass is 280 g/mol. The number of nitrogens with one attached hydrogen (secondary N) is 1. The fourth-order valence-electron chi connectivity index (χ4n) is 2.48. The Bertz CT molecular complexity index is 484. The Labute approximate surface area is 118 Å². The zero-order valence-corrected chi connectivity index (χ0v) is 11.8. The van der Waals surface area contributed by atoms with Gasteiger partial charge in [-0.2, -0.15) is 0 Å². The first-order valence-corrected chi connectivity index (χ1v) is 6.69. The second kappa shape index (κ2) is 6.19. The van der Waals surface area contributed by atoms with Crippen molar-refractivity contribution in [3.63, 3.8) is 0 Å². The molecule has 0 atom stereocenters. The van der Waals surface area contributed by atoms with E-state index < -0.39 is 0 Å². The molecule has 0 bridgehead atoms. The number of methoxy groups -OCH3 is 1. The summed E-state index contributed by atoms with van der Waals surface area (Å²) in [5.41, 5.74) is 1.22. The summed E-state index contributed by atoms with van der Waals surface area (Å²) < 4.78 is 11.0. The maximum absolute atomic E-state index is 11.1. The molecule has 0 unspecified atom stereocenters. The molecule has 1 heterocycles. The van der Waals surface area contributed by atoms with Crippen LogP contribution in [0.15, 0.2) is 18.2 Å². The van der Waals surface area contributed by atoms with Gasteiger partial charge in [-0.05, 0) is 12.5 Å². The number of anilines is 1. The average Bonchev–Trinajstić information content (AvgIpc) is 2.46. The van der Waals surface area contributed by atoms with Crippen molar-refractivity contribution in [2.24, 2.45) is 0 Å². The van der Waals surface area contributed by atoms with Crippen LogP contribution in [0.5, 0.6) is 0 Å². The molecule has 110 valence electrons.